The Bertz CT molecular complexity index is 609. The van der Waals surface area contributed by atoms with Crippen LogP contribution in [0, 0.1) is 12.8 Å². The molecule has 0 bridgehead atoms. The third kappa shape index (κ3) is 3.07. The SMILES string of the molecule is CCCC(CCC)C(=O)c1sc2ccc(Cl)cc2c1C. The van der Waals surface area contributed by atoms with Crippen molar-refractivity contribution in [3.05, 3.63) is 33.7 Å². The first-order chi connectivity index (χ1) is 9.58. The molecule has 0 atom stereocenters. The van der Waals surface area contributed by atoms with Crippen LogP contribution in [-0.2, 0) is 0 Å². The highest BCUT2D eigenvalue weighted by atomic mass is 35.5. The fourth-order valence-electron chi connectivity index (χ4n) is 2.72. The van der Waals surface area contributed by atoms with Crippen LogP contribution >= 0.6 is 22.9 Å². The van der Waals surface area contributed by atoms with Crippen LogP contribution in [0.5, 0.6) is 0 Å². The van der Waals surface area contributed by atoms with Crippen molar-refractivity contribution in [3.63, 3.8) is 0 Å². The van der Waals surface area contributed by atoms with Gasteiger partial charge in [0.05, 0.1) is 4.88 Å². The van der Waals surface area contributed by atoms with Crippen LogP contribution in [-0.4, -0.2) is 5.78 Å². The van der Waals surface area contributed by atoms with Gasteiger partial charge in [0.2, 0.25) is 0 Å². The van der Waals surface area contributed by atoms with Crippen molar-refractivity contribution in [1.29, 1.82) is 0 Å². The Balaban J connectivity index is 2.40. The third-order valence-electron chi connectivity index (χ3n) is 3.77. The van der Waals surface area contributed by atoms with E-state index in [1.807, 2.05) is 25.1 Å². The van der Waals surface area contributed by atoms with Crippen LogP contribution in [0.25, 0.3) is 10.1 Å². The number of ketones is 1. The van der Waals surface area contributed by atoms with Crippen molar-refractivity contribution in [3.8, 4) is 0 Å². The summed E-state index contributed by atoms with van der Waals surface area (Å²) < 4.78 is 1.15. The first kappa shape index (κ1) is 15.5. The highest BCUT2D eigenvalue weighted by Gasteiger charge is 2.23. The molecule has 0 saturated carbocycles. The van der Waals surface area contributed by atoms with Gasteiger partial charge in [-0.25, -0.2) is 0 Å². The summed E-state index contributed by atoms with van der Waals surface area (Å²) in [6.45, 7) is 6.33. The highest BCUT2D eigenvalue weighted by Crippen LogP contribution is 2.35. The maximum Gasteiger partial charge on any atom is 0.176 e. The molecule has 20 heavy (non-hydrogen) atoms. The van der Waals surface area contributed by atoms with Crippen LogP contribution in [0.15, 0.2) is 18.2 Å². The second-order valence-electron chi connectivity index (χ2n) is 5.34. The zero-order valence-electron chi connectivity index (χ0n) is 12.3. The molecule has 0 spiro atoms. The van der Waals surface area contributed by atoms with Gasteiger partial charge in [-0.2, -0.15) is 0 Å². The molecule has 1 aromatic carbocycles. The fourth-order valence-corrected chi connectivity index (χ4v) is 4.10. The summed E-state index contributed by atoms with van der Waals surface area (Å²) in [4.78, 5) is 13.7. The van der Waals surface area contributed by atoms with Crippen LogP contribution in [0.1, 0.15) is 54.8 Å². The Morgan fingerprint density at radius 1 is 1.25 bits per heavy atom. The Labute approximate surface area is 130 Å². The lowest BCUT2D eigenvalue weighted by molar-refractivity contribution is 0.0908. The number of halogens is 1. The molecule has 0 N–H and O–H groups in total. The fraction of sp³-hybridized carbons (Fsp3) is 0.471. The first-order valence-corrected chi connectivity index (χ1v) is 8.50. The molecule has 108 valence electrons. The first-order valence-electron chi connectivity index (χ1n) is 7.31. The van der Waals surface area contributed by atoms with E-state index in [4.69, 9.17) is 11.6 Å². The molecule has 0 aliphatic heterocycles. The number of aryl methyl sites for hydroxylation is 1. The average Bonchev–Trinajstić information content (AvgIpc) is 2.75. The molecule has 2 aromatic rings. The molecule has 0 amide bonds. The zero-order valence-corrected chi connectivity index (χ0v) is 13.9. The molecular formula is C17H21ClOS. The van der Waals surface area contributed by atoms with Gasteiger partial charge in [-0.3, -0.25) is 4.79 Å². The van der Waals surface area contributed by atoms with Crippen molar-refractivity contribution in [1.82, 2.24) is 0 Å². The smallest absolute Gasteiger partial charge is 0.176 e. The summed E-state index contributed by atoms with van der Waals surface area (Å²) in [6, 6.07) is 5.87. The standard InChI is InChI=1S/C17H21ClOS/c1-4-6-12(7-5-2)16(19)17-11(3)14-10-13(18)8-9-15(14)20-17/h8-10,12H,4-7H2,1-3H3. The van der Waals surface area contributed by atoms with Crippen molar-refractivity contribution >= 4 is 38.8 Å². The molecule has 1 heterocycles. The van der Waals surface area contributed by atoms with E-state index in [1.165, 1.54) is 0 Å². The lowest BCUT2D eigenvalue weighted by Gasteiger charge is -2.13. The van der Waals surface area contributed by atoms with E-state index in [9.17, 15) is 4.79 Å². The van der Waals surface area contributed by atoms with Gasteiger partial charge in [0.25, 0.3) is 0 Å². The number of hydrogen-bond donors (Lipinski definition) is 0. The number of benzene rings is 1. The molecule has 0 saturated heterocycles. The van der Waals surface area contributed by atoms with Gasteiger partial charge in [0.1, 0.15) is 0 Å². The van der Waals surface area contributed by atoms with E-state index in [1.54, 1.807) is 11.3 Å². The maximum atomic E-state index is 12.8. The second-order valence-corrected chi connectivity index (χ2v) is 6.82. The Morgan fingerprint density at radius 2 is 1.90 bits per heavy atom. The lowest BCUT2D eigenvalue weighted by atomic mass is 9.91. The Hall–Kier alpha value is -0.860. The van der Waals surface area contributed by atoms with E-state index in [0.717, 1.165) is 51.2 Å². The number of hydrogen-bond acceptors (Lipinski definition) is 2. The van der Waals surface area contributed by atoms with Gasteiger partial charge in [0.15, 0.2) is 5.78 Å². The molecule has 0 radical (unpaired) electrons. The summed E-state index contributed by atoms with van der Waals surface area (Å²) in [7, 11) is 0. The normalized spacial score (nSPS) is 11.4. The molecular weight excluding hydrogens is 288 g/mol. The van der Waals surface area contributed by atoms with Gasteiger partial charge in [0, 0.05) is 15.6 Å². The minimum absolute atomic E-state index is 0.173. The molecule has 0 fully saturated rings. The monoisotopic (exact) mass is 308 g/mol. The van der Waals surface area contributed by atoms with Crippen LogP contribution in [0.3, 0.4) is 0 Å². The summed E-state index contributed by atoms with van der Waals surface area (Å²) in [5.74, 6) is 0.496. The van der Waals surface area contributed by atoms with Crippen molar-refractivity contribution < 1.29 is 4.79 Å². The zero-order chi connectivity index (χ0) is 14.7. The van der Waals surface area contributed by atoms with E-state index in [2.05, 4.69) is 13.8 Å². The van der Waals surface area contributed by atoms with E-state index < -0.39 is 0 Å². The third-order valence-corrected chi connectivity index (χ3v) is 5.29. The maximum absolute atomic E-state index is 12.8. The Morgan fingerprint density at radius 3 is 2.50 bits per heavy atom. The van der Waals surface area contributed by atoms with Crippen molar-refractivity contribution in [2.24, 2.45) is 5.92 Å². The summed E-state index contributed by atoms with van der Waals surface area (Å²) in [5, 5.41) is 1.86. The summed E-state index contributed by atoms with van der Waals surface area (Å²) >= 11 is 7.67. The van der Waals surface area contributed by atoms with E-state index >= 15 is 0 Å². The van der Waals surface area contributed by atoms with Crippen molar-refractivity contribution in [2.75, 3.05) is 0 Å². The van der Waals surface area contributed by atoms with Gasteiger partial charge in [-0.05, 0) is 48.9 Å². The molecule has 3 heteroatoms. The van der Waals surface area contributed by atoms with E-state index in [0.29, 0.717) is 5.78 Å². The molecule has 1 nitrogen and oxygen atoms in total. The lowest BCUT2D eigenvalue weighted by Crippen LogP contribution is -2.14. The van der Waals surface area contributed by atoms with Crippen LogP contribution in [0.2, 0.25) is 5.02 Å². The number of carbonyl (C=O) groups is 1. The minimum atomic E-state index is 0.173. The van der Waals surface area contributed by atoms with Crippen LogP contribution < -0.4 is 0 Å². The largest absolute Gasteiger partial charge is 0.293 e. The summed E-state index contributed by atoms with van der Waals surface area (Å²) in [6.07, 6.45) is 4.10. The van der Waals surface area contributed by atoms with E-state index in [-0.39, 0.29) is 5.92 Å². The average molecular weight is 309 g/mol. The Kier molecular flexibility index (Phi) is 5.22. The molecule has 0 aliphatic rings. The predicted molar refractivity (Wildman–Crippen MR) is 89.2 cm³/mol. The topological polar surface area (TPSA) is 17.1 Å². The van der Waals surface area contributed by atoms with Crippen LogP contribution in [0.4, 0.5) is 0 Å². The van der Waals surface area contributed by atoms with Gasteiger partial charge in [-0.1, -0.05) is 38.3 Å². The van der Waals surface area contributed by atoms with Gasteiger partial charge >= 0.3 is 0 Å². The number of carbonyl (C=O) groups excluding carboxylic acids is 1. The van der Waals surface area contributed by atoms with Gasteiger partial charge in [-0.15, -0.1) is 11.3 Å². The van der Waals surface area contributed by atoms with Gasteiger partial charge < -0.3 is 0 Å². The molecule has 0 unspecified atom stereocenters. The van der Waals surface area contributed by atoms with Crippen molar-refractivity contribution in [2.45, 2.75) is 46.5 Å². The number of fused-ring (bicyclic) bond motifs is 1. The number of rotatable bonds is 6. The minimum Gasteiger partial charge on any atom is -0.293 e. The summed E-state index contributed by atoms with van der Waals surface area (Å²) in [5.41, 5.74) is 1.09. The second kappa shape index (κ2) is 6.73. The number of thiophene rings is 1. The molecule has 0 aliphatic carbocycles. The highest BCUT2D eigenvalue weighted by molar-refractivity contribution is 7.21. The number of Topliss-reactive ketones (excluding diaryl/α,β-unsaturated/α-hetero) is 1. The molecule has 2 rings (SSSR count). The predicted octanol–water partition coefficient (Wildman–Crippen LogP) is 6.26. The quantitative estimate of drug-likeness (QED) is 0.575. The molecule has 1 aromatic heterocycles.